The molecule has 0 aromatic heterocycles. The van der Waals surface area contributed by atoms with Crippen molar-refractivity contribution in [2.45, 2.75) is 30.2 Å². The van der Waals surface area contributed by atoms with Gasteiger partial charge < -0.3 is 9.47 Å². The number of ether oxygens (including phenoxy) is 2. The summed E-state index contributed by atoms with van der Waals surface area (Å²) in [5.74, 6) is -0.306. The van der Waals surface area contributed by atoms with E-state index in [1.165, 1.54) is 30.7 Å². The summed E-state index contributed by atoms with van der Waals surface area (Å²) >= 11 is 12.3. The number of hydrogen-bond acceptors (Lipinski definition) is 6. The summed E-state index contributed by atoms with van der Waals surface area (Å²) in [6.07, 6.45) is 4.81. The molecule has 0 N–H and O–H groups in total. The predicted octanol–water partition coefficient (Wildman–Crippen LogP) is 6.71. The van der Waals surface area contributed by atoms with Crippen molar-refractivity contribution >= 4 is 50.9 Å². The Morgan fingerprint density at radius 3 is 2.11 bits per heavy atom. The van der Waals surface area contributed by atoms with Gasteiger partial charge >= 0.3 is 0 Å². The van der Waals surface area contributed by atoms with E-state index in [2.05, 4.69) is 6.08 Å². The lowest BCUT2D eigenvalue weighted by Gasteiger charge is -2.29. The molecular weight excluding hydrogens is 621 g/mol. The van der Waals surface area contributed by atoms with E-state index in [0.29, 0.717) is 15.6 Å². The van der Waals surface area contributed by atoms with Crippen LogP contribution in [0.1, 0.15) is 46.8 Å². The number of allylic oxidation sites excluding steroid dienone is 1. The summed E-state index contributed by atoms with van der Waals surface area (Å²) in [5.41, 5.74) is 4.28. The molecule has 1 fully saturated rings. The minimum Gasteiger partial charge on any atom is -0.383 e. The average molecular weight is 657 g/mol. The van der Waals surface area contributed by atoms with Crippen molar-refractivity contribution in [1.82, 2.24) is 9.31 Å². The van der Waals surface area contributed by atoms with Crippen LogP contribution in [0.15, 0.2) is 88.4 Å². The molecule has 2 atom stereocenters. The number of carbonyl (C=O) groups excluding carboxylic acids is 1. The van der Waals surface area contributed by atoms with Gasteiger partial charge in [0.15, 0.2) is 0 Å². The lowest BCUT2D eigenvalue weighted by atomic mass is 9.77. The largest absolute Gasteiger partial charge is 0.383 e. The zero-order chi connectivity index (χ0) is 31.3. The van der Waals surface area contributed by atoms with Gasteiger partial charge in [0.2, 0.25) is 10.0 Å². The molecule has 0 radical (unpaired) electrons. The number of methoxy groups -OCH3 is 2. The van der Waals surface area contributed by atoms with E-state index >= 15 is 0 Å². The summed E-state index contributed by atoms with van der Waals surface area (Å²) in [6.45, 7) is 0.862. The molecule has 1 saturated carbocycles. The number of halogens is 2. The number of hydrazone groups is 1. The van der Waals surface area contributed by atoms with Gasteiger partial charge in [-0.2, -0.15) is 9.41 Å². The van der Waals surface area contributed by atoms with Crippen LogP contribution in [0.4, 0.5) is 0 Å². The van der Waals surface area contributed by atoms with Crippen molar-refractivity contribution < 1.29 is 22.7 Å². The fraction of sp³-hybridized carbons (Fsp3) is 0.333. The van der Waals surface area contributed by atoms with E-state index in [9.17, 15) is 13.2 Å². The van der Waals surface area contributed by atoms with Crippen molar-refractivity contribution in [1.29, 1.82) is 0 Å². The summed E-state index contributed by atoms with van der Waals surface area (Å²) in [4.78, 5) is 14.2. The van der Waals surface area contributed by atoms with E-state index < -0.39 is 10.0 Å². The highest BCUT2D eigenvalue weighted by Gasteiger charge is 2.44. The Morgan fingerprint density at radius 1 is 0.932 bits per heavy atom. The highest BCUT2D eigenvalue weighted by molar-refractivity contribution is 7.89. The topological polar surface area (TPSA) is 88.5 Å². The fourth-order valence-electron chi connectivity index (χ4n) is 5.71. The van der Waals surface area contributed by atoms with Crippen molar-refractivity contribution in [2.24, 2.45) is 11.0 Å². The quantitative estimate of drug-likeness (QED) is 0.229. The van der Waals surface area contributed by atoms with Gasteiger partial charge in [0.05, 0.1) is 29.9 Å². The van der Waals surface area contributed by atoms with Crippen LogP contribution in [0.3, 0.4) is 0 Å². The fourth-order valence-corrected chi connectivity index (χ4v) is 7.37. The number of amides is 1. The van der Waals surface area contributed by atoms with Crippen LogP contribution in [0, 0.1) is 5.92 Å². The third-order valence-electron chi connectivity index (χ3n) is 7.96. The van der Waals surface area contributed by atoms with Crippen LogP contribution in [0.5, 0.6) is 0 Å². The Bertz CT molecular complexity index is 1620. The number of carbonyl (C=O) groups is 1. The van der Waals surface area contributed by atoms with Gasteiger partial charge in [-0.1, -0.05) is 47.5 Å². The van der Waals surface area contributed by atoms with Gasteiger partial charge in [-0.15, -0.1) is 0 Å². The first-order chi connectivity index (χ1) is 21.2. The molecule has 44 heavy (non-hydrogen) atoms. The molecule has 11 heteroatoms. The van der Waals surface area contributed by atoms with Crippen molar-refractivity contribution in [2.75, 3.05) is 40.5 Å². The van der Waals surface area contributed by atoms with Gasteiger partial charge in [-0.25, -0.2) is 13.4 Å². The molecule has 0 bridgehead atoms. The summed E-state index contributed by atoms with van der Waals surface area (Å²) in [7, 11) is -0.787. The van der Waals surface area contributed by atoms with E-state index in [-0.39, 0.29) is 49.1 Å². The molecule has 232 valence electrons. The number of nitrogens with zero attached hydrogens (tertiary/aromatic N) is 3. The van der Waals surface area contributed by atoms with Crippen LogP contribution in [-0.2, 0) is 19.5 Å². The van der Waals surface area contributed by atoms with Crippen molar-refractivity contribution in [3.8, 4) is 0 Å². The van der Waals surface area contributed by atoms with Gasteiger partial charge in [0.25, 0.3) is 5.91 Å². The monoisotopic (exact) mass is 655 g/mol. The third kappa shape index (κ3) is 7.09. The molecular formula is C33H35Cl2N3O5S. The Morgan fingerprint density at radius 2 is 1.52 bits per heavy atom. The van der Waals surface area contributed by atoms with Crippen LogP contribution in [0.2, 0.25) is 10.0 Å². The summed E-state index contributed by atoms with van der Waals surface area (Å²) in [5, 5.41) is 7.78. The van der Waals surface area contributed by atoms with Gasteiger partial charge in [-0.3, -0.25) is 4.79 Å². The van der Waals surface area contributed by atoms with E-state index in [1.807, 2.05) is 48.5 Å². The normalized spacial score (nSPS) is 19.3. The highest BCUT2D eigenvalue weighted by atomic mass is 35.5. The molecule has 8 nitrogen and oxygen atoms in total. The van der Waals surface area contributed by atoms with Crippen LogP contribution in [0.25, 0.3) is 6.08 Å². The maximum Gasteiger partial charge on any atom is 0.274 e. The van der Waals surface area contributed by atoms with E-state index in [4.69, 9.17) is 37.8 Å². The smallest absolute Gasteiger partial charge is 0.274 e. The van der Waals surface area contributed by atoms with Gasteiger partial charge in [0.1, 0.15) is 0 Å². The number of fused-ring (bicyclic) bond motifs is 1. The second kappa shape index (κ2) is 14.4. The second-order valence-electron chi connectivity index (χ2n) is 10.8. The minimum atomic E-state index is -3.83. The third-order valence-corrected chi connectivity index (χ3v) is 10.4. The SMILES string of the molecule is COCCN(CCOC)S(=O)(=O)c1ccc(C(=O)N2N=C3/C(=C\c4ccc(Cl)cc4)CCC[C@@H]3[C@@H]2c2ccc(Cl)cc2)cc1. The summed E-state index contributed by atoms with van der Waals surface area (Å²) in [6, 6.07) is 20.9. The lowest BCUT2D eigenvalue weighted by molar-refractivity contribution is 0.0680. The van der Waals surface area contributed by atoms with Gasteiger partial charge in [-0.05, 0) is 90.6 Å². The Labute approximate surface area is 268 Å². The highest BCUT2D eigenvalue weighted by Crippen LogP contribution is 2.45. The maximum atomic E-state index is 14.1. The number of sulfonamides is 1. The molecule has 5 rings (SSSR count). The number of hydrogen-bond donors (Lipinski definition) is 0. The van der Waals surface area contributed by atoms with Crippen LogP contribution in [-0.4, -0.2) is 69.9 Å². The van der Waals surface area contributed by atoms with Gasteiger partial charge in [0, 0.05) is 48.8 Å². The minimum absolute atomic E-state index is 0.00204. The molecule has 3 aromatic carbocycles. The zero-order valence-electron chi connectivity index (χ0n) is 24.7. The Balaban J connectivity index is 1.48. The summed E-state index contributed by atoms with van der Waals surface area (Å²) < 4.78 is 38.3. The van der Waals surface area contributed by atoms with Crippen molar-refractivity contribution in [3.05, 3.63) is 105 Å². The molecule has 1 aliphatic heterocycles. The molecule has 3 aromatic rings. The first kappa shape index (κ1) is 32.3. The van der Waals surface area contributed by atoms with Crippen LogP contribution < -0.4 is 0 Å². The number of benzene rings is 3. The Hall–Kier alpha value is -3.05. The van der Waals surface area contributed by atoms with Crippen LogP contribution >= 0.6 is 23.2 Å². The molecule has 1 amide bonds. The predicted molar refractivity (Wildman–Crippen MR) is 174 cm³/mol. The van der Waals surface area contributed by atoms with E-state index in [1.54, 1.807) is 17.1 Å². The first-order valence-electron chi connectivity index (χ1n) is 14.4. The zero-order valence-corrected chi connectivity index (χ0v) is 27.0. The molecule has 2 aliphatic rings. The maximum absolute atomic E-state index is 14.1. The standard InChI is InChI=1S/C33H35Cl2N3O5S/c1-42-20-18-37(19-21-43-2)44(40,41)29-16-10-25(11-17-29)33(39)38-32(24-8-14-28(35)15-9-24)30-5-3-4-26(31(30)36-38)22-23-6-12-27(34)13-7-23/h6-17,22,30,32H,3-5,18-21H2,1-2H3/b26-22-/t30-,32-/m0/s1. The molecule has 0 saturated heterocycles. The second-order valence-corrected chi connectivity index (χ2v) is 13.6. The average Bonchev–Trinajstić information content (AvgIpc) is 3.43. The number of rotatable bonds is 11. The Kier molecular flexibility index (Phi) is 10.6. The molecule has 0 spiro atoms. The first-order valence-corrected chi connectivity index (χ1v) is 16.6. The van der Waals surface area contributed by atoms with E-state index in [0.717, 1.165) is 41.7 Å². The molecule has 0 unspecified atom stereocenters. The van der Waals surface area contributed by atoms with Crippen molar-refractivity contribution in [3.63, 3.8) is 0 Å². The molecule has 1 heterocycles. The molecule has 1 aliphatic carbocycles. The lowest BCUT2D eigenvalue weighted by Crippen LogP contribution is -2.36.